The molecule has 0 radical (unpaired) electrons. The van der Waals surface area contributed by atoms with Crippen LogP contribution in [0.25, 0.3) is 0 Å². The van der Waals surface area contributed by atoms with Crippen LogP contribution in [0.3, 0.4) is 0 Å². The smallest absolute Gasteiger partial charge is 0.382 e. The van der Waals surface area contributed by atoms with Crippen molar-refractivity contribution in [1.29, 1.82) is 0 Å². The summed E-state index contributed by atoms with van der Waals surface area (Å²) in [6.45, 7) is 0. The topological polar surface area (TPSA) is 37.3 Å². The Morgan fingerprint density at radius 3 is 2.35 bits per heavy atom. The van der Waals surface area contributed by atoms with Crippen LogP contribution in [0.15, 0.2) is 24.3 Å². The number of aliphatic carboxylic acids is 1. The standard InChI is InChI=1S/C15H16O2/c16-15(17)11-8-12-6-9-14(10-7-12)13-4-2-1-3-5-13/h6-7,9-10,13H,1-5H2,(H,16,17). The summed E-state index contributed by atoms with van der Waals surface area (Å²) >= 11 is 0. The summed E-state index contributed by atoms with van der Waals surface area (Å²) in [7, 11) is 0. The highest BCUT2D eigenvalue weighted by Crippen LogP contribution is 2.32. The van der Waals surface area contributed by atoms with Crippen LogP contribution in [0.5, 0.6) is 0 Å². The van der Waals surface area contributed by atoms with Crippen LogP contribution >= 0.6 is 0 Å². The molecule has 0 bridgehead atoms. The van der Waals surface area contributed by atoms with Crippen molar-refractivity contribution in [2.45, 2.75) is 38.0 Å². The average Bonchev–Trinajstić information content (AvgIpc) is 2.38. The molecule has 0 unspecified atom stereocenters. The highest BCUT2D eigenvalue weighted by molar-refractivity contribution is 5.87. The van der Waals surface area contributed by atoms with Crippen molar-refractivity contribution in [3.63, 3.8) is 0 Å². The van der Waals surface area contributed by atoms with E-state index < -0.39 is 5.97 Å². The van der Waals surface area contributed by atoms with Crippen molar-refractivity contribution in [3.8, 4) is 11.8 Å². The maximum Gasteiger partial charge on any atom is 0.382 e. The zero-order chi connectivity index (χ0) is 12.1. The van der Waals surface area contributed by atoms with Crippen LogP contribution in [0, 0.1) is 11.8 Å². The zero-order valence-electron chi connectivity index (χ0n) is 9.78. The van der Waals surface area contributed by atoms with Crippen LogP contribution in [-0.2, 0) is 4.79 Å². The van der Waals surface area contributed by atoms with Gasteiger partial charge in [0, 0.05) is 11.5 Å². The second-order valence-corrected chi connectivity index (χ2v) is 4.51. The van der Waals surface area contributed by atoms with Gasteiger partial charge in [0.25, 0.3) is 0 Å². The lowest BCUT2D eigenvalue weighted by atomic mass is 9.84. The Kier molecular flexibility index (Phi) is 3.82. The summed E-state index contributed by atoms with van der Waals surface area (Å²) in [5.41, 5.74) is 2.14. The van der Waals surface area contributed by atoms with E-state index in [1.807, 2.05) is 12.1 Å². The molecule has 1 N–H and O–H groups in total. The van der Waals surface area contributed by atoms with Gasteiger partial charge >= 0.3 is 5.97 Å². The second kappa shape index (κ2) is 5.54. The molecule has 1 aliphatic carbocycles. The van der Waals surface area contributed by atoms with E-state index in [1.54, 1.807) is 0 Å². The molecular weight excluding hydrogens is 212 g/mol. The van der Waals surface area contributed by atoms with E-state index >= 15 is 0 Å². The lowest BCUT2D eigenvalue weighted by molar-refractivity contribution is -0.130. The Bertz CT molecular complexity index is 442. The largest absolute Gasteiger partial charge is 0.472 e. The molecule has 1 aromatic carbocycles. The molecule has 0 saturated heterocycles. The van der Waals surface area contributed by atoms with Gasteiger partial charge in [-0.25, -0.2) is 4.79 Å². The van der Waals surface area contributed by atoms with Crippen LogP contribution in [0.4, 0.5) is 0 Å². The van der Waals surface area contributed by atoms with Crippen LogP contribution < -0.4 is 0 Å². The fourth-order valence-electron chi connectivity index (χ4n) is 2.40. The van der Waals surface area contributed by atoms with E-state index in [0.29, 0.717) is 5.92 Å². The summed E-state index contributed by atoms with van der Waals surface area (Å²) < 4.78 is 0. The molecule has 0 spiro atoms. The number of benzene rings is 1. The number of carbonyl (C=O) groups is 1. The maximum absolute atomic E-state index is 10.3. The highest BCUT2D eigenvalue weighted by Gasteiger charge is 2.14. The van der Waals surface area contributed by atoms with E-state index in [9.17, 15) is 4.79 Å². The Hall–Kier alpha value is -1.75. The molecule has 2 rings (SSSR count). The Morgan fingerprint density at radius 1 is 1.12 bits per heavy atom. The molecule has 2 heteroatoms. The summed E-state index contributed by atoms with van der Waals surface area (Å²) in [6.07, 6.45) is 6.56. The van der Waals surface area contributed by atoms with Gasteiger partial charge < -0.3 is 5.11 Å². The molecule has 1 aliphatic rings. The first-order chi connectivity index (χ1) is 8.25. The quantitative estimate of drug-likeness (QED) is 0.749. The molecule has 0 aliphatic heterocycles. The maximum atomic E-state index is 10.3. The Balaban J connectivity index is 2.07. The van der Waals surface area contributed by atoms with Gasteiger partial charge in [0.2, 0.25) is 0 Å². The first-order valence-electron chi connectivity index (χ1n) is 6.10. The van der Waals surface area contributed by atoms with E-state index in [1.165, 1.54) is 37.7 Å². The van der Waals surface area contributed by atoms with Gasteiger partial charge in [-0.2, -0.15) is 0 Å². The monoisotopic (exact) mass is 228 g/mol. The Labute approximate surface area is 102 Å². The minimum absolute atomic E-state index is 0.685. The third kappa shape index (κ3) is 3.35. The van der Waals surface area contributed by atoms with Crippen molar-refractivity contribution in [3.05, 3.63) is 35.4 Å². The van der Waals surface area contributed by atoms with Gasteiger partial charge in [-0.15, -0.1) is 0 Å². The van der Waals surface area contributed by atoms with Crippen LogP contribution in [-0.4, -0.2) is 11.1 Å². The predicted molar refractivity (Wildman–Crippen MR) is 66.8 cm³/mol. The van der Waals surface area contributed by atoms with Crippen molar-refractivity contribution >= 4 is 5.97 Å². The molecule has 1 fully saturated rings. The van der Waals surface area contributed by atoms with Crippen molar-refractivity contribution in [2.24, 2.45) is 0 Å². The molecule has 1 saturated carbocycles. The second-order valence-electron chi connectivity index (χ2n) is 4.51. The number of hydrogen-bond donors (Lipinski definition) is 1. The molecule has 0 atom stereocenters. The fraction of sp³-hybridized carbons (Fsp3) is 0.400. The molecule has 88 valence electrons. The van der Waals surface area contributed by atoms with E-state index in [-0.39, 0.29) is 0 Å². The molecule has 1 aromatic rings. The van der Waals surface area contributed by atoms with Gasteiger partial charge in [-0.3, -0.25) is 0 Å². The third-order valence-electron chi connectivity index (χ3n) is 3.30. The number of rotatable bonds is 1. The number of carboxylic acids is 1. The summed E-state index contributed by atoms with van der Waals surface area (Å²) in [5.74, 6) is 4.36. The average molecular weight is 228 g/mol. The lowest BCUT2D eigenvalue weighted by Crippen LogP contribution is -2.04. The van der Waals surface area contributed by atoms with Crippen molar-refractivity contribution < 1.29 is 9.90 Å². The van der Waals surface area contributed by atoms with Gasteiger partial charge in [0.05, 0.1) is 0 Å². The van der Waals surface area contributed by atoms with E-state index in [0.717, 1.165) is 5.56 Å². The van der Waals surface area contributed by atoms with Crippen molar-refractivity contribution in [2.75, 3.05) is 0 Å². The minimum atomic E-state index is -1.08. The lowest BCUT2D eigenvalue weighted by Gasteiger charge is -2.21. The fourth-order valence-corrected chi connectivity index (χ4v) is 2.40. The molecule has 0 heterocycles. The van der Waals surface area contributed by atoms with Crippen LogP contribution in [0.2, 0.25) is 0 Å². The number of carboxylic acid groups (broad SMARTS) is 1. The van der Waals surface area contributed by atoms with Crippen LogP contribution in [0.1, 0.15) is 49.1 Å². The normalized spacial score (nSPS) is 16.0. The first-order valence-corrected chi connectivity index (χ1v) is 6.10. The van der Waals surface area contributed by atoms with E-state index in [4.69, 9.17) is 5.11 Å². The zero-order valence-corrected chi connectivity index (χ0v) is 9.78. The number of hydrogen-bond acceptors (Lipinski definition) is 1. The van der Waals surface area contributed by atoms with Gasteiger partial charge in [-0.1, -0.05) is 37.3 Å². The SMILES string of the molecule is O=C(O)C#Cc1ccc(C2CCCCC2)cc1. The van der Waals surface area contributed by atoms with Gasteiger partial charge in [-0.05, 0) is 36.5 Å². The summed E-state index contributed by atoms with van der Waals surface area (Å²) in [6, 6.07) is 8.00. The van der Waals surface area contributed by atoms with Gasteiger partial charge in [0.15, 0.2) is 0 Å². The summed E-state index contributed by atoms with van der Waals surface area (Å²) in [4.78, 5) is 10.3. The predicted octanol–water partition coefficient (Wildman–Crippen LogP) is 3.17. The Morgan fingerprint density at radius 2 is 1.76 bits per heavy atom. The molecular formula is C15H16O2. The van der Waals surface area contributed by atoms with Gasteiger partial charge in [0.1, 0.15) is 0 Å². The molecule has 2 nitrogen and oxygen atoms in total. The molecule has 17 heavy (non-hydrogen) atoms. The minimum Gasteiger partial charge on any atom is -0.472 e. The van der Waals surface area contributed by atoms with Crippen molar-refractivity contribution in [1.82, 2.24) is 0 Å². The third-order valence-corrected chi connectivity index (χ3v) is 3.30. The molecule has 0 amide bonds. The summed E-state index contributed by atoms with van der Waals surface area (Å²) in [5, 5.41) is 8.46. The van der Waals surface area contributed by atoms with E-state index in [2.05, 4.69) is 24.0 Å². The molecule has 0 aromatic heterocycles. The first kappa shape index (κ1) is 11.7. The highest BCUT2D eigenvalue weighted by atomic mass is 16.4.